The maximum atomic E-state index is 11.7. The van der Waals surface area contributed by atoms with Crippen LogP contribution in [-0.4, -0.2) is 28.7 Å². The van der Waals surface area contributed by atoms with Crippen molar-refractivity contribution in [1.82, 2.24) is 14.9 Å². The number of nitrogens with zero attached hydrogens (tertiary/aromatic N) is 2. The molecule has 1 aromatic heterocycles. The van der Waals surface area contributed by atoms with Gasteiger partial charge in [0.15, 0.2) is 0 Å². The van der Waals surface area contributed by atoms with Gasteiger partial charge in [0, 0.05) is 19.1 Å². The number of aromatic nitrogens is 2. The normalized spacial score (nSPS) is 11.2. The van der Waals surface area contributed by atoms with Crippen molar-refractivity contribution in [3.05, 3.63) is 30.1 Å². The molecule has 0 fully saturated rings. The highest BCUT2D eigenvalue weighted by atomic mass is 16.5. The second-order valence-corrected chi connectivity index (χ2v) is 5.24. The third kappa shape index (κ3) is 3.82. The van der Waals surface area contributed by atoms with Crippen LogP contribution < -0.4 is 5.32 Å². The van der Waals surface area contributed by atoms with Gasteiger partial charge >= 0.3 is 0 Å². The van der Waals surface area contributed by atoms with Crippen molar-refractivity contribution in [1.29, 1.82) is 0 Å². The SMILES string of the molecule is CCOCCn1c(CNC(=O)C(C)C)nc2ccccc21. The fourth-order valence-corrected chi connectivity index (χ4v) is 2.18. The first-order chi connectivity index (χ1) is 10.1. The fourth-order valence-electron chi connectivity index (χ4n) is 2.18. The average Bonchev–Trinajstić information content (AvgIpc) is 2.83. The van der Waals surface area contributed by atoms with E-state index in [1.54, 1.807) is 0 Å². The predicted octanol–water partition coefficient (Wildman–Crippen LogP) is 2.34. The van der Waals surface area contributed by atoms with Crippen molar-refractivity contribution >= 4 is 16.9 Å². The molecule has 2 rings (SSSR count). The summed E-state index contributed by atoms with van der Waals surface area (Å²) in [6.07, 6.45) is 0. The van der Waals surface area contributed by atoms with E-state index >= 15 is 0 Å². The number of hydrogen-bond acceptors (Lipinski definition) is 3. The molecule has 0 atom stereocenters. The molecule has 0 saturated heterocycles. The summed E-state index contributed by atoms with van der Waals surface area (Å²) in [5.41, 5.74) is 2.02. The molecule has 5 nitrogen and oxygen atoms in total. The number of para-hydroxylation sites is 2. The predicted molar refractivity (Wildman–Crippen MR) is 82.9 cm³/mol. The molecule has 114 valence electrons. The number of fused-ring (bicyclic) bond motifs is 1. The van der Waals surface area contributed by atoms with E-state index in [1.807, 2.05) is 45.0 Å². The fraction of sp³-hybridized carbons (Fsp3) is 0.500. The maximum absolute atomic E-state index is 11.7. The Kier molecular flexibility index (Phi) is 5.33. The number of carbonyl (C=O) groups is 1. The Morgan fingerprint density at radius 3 is 2.86 bits per heavy atom. The summed E-state index contributed by atoms with van der Waals surface area (Å²) < 4.78 is 7.56. The lowest BCUT2D eigenvalue weighted by atomic mass is 10.2. The molecule has 0 bridgehead atoms. The number of amides is 1. The lowest BCUT2D eigenvalue weighted by Gasteiger charge is -2.11. The smallest absolute Gasteiger partial charge is 0.222 e. The van der Waals surface area contributed by atoms with Gasteiger partial charge in [-0.15, -0.1) is 0 Å². The number of benzene rings is 1. The van der Waals surface area contributed by atoms with Crippen LogP contribution in [0.15, 0.2) is 24.3 Å². The van der Waals surface area contributed by atoms with Gasteiger partial charge in [-0.05, 0) is 19.1 Å². The zero-order valence-corrected chi connectivity index (χ0v) is 12.9. The standard InChI is InChI=1S/C16H23N3O2/c1-4-21-10-9-19-14-8-6-5-7-13(14)18-15(19)11-17-16(20)12(2)3/h5-8,12H,4,9-11H2,1-3H3,(H,17,20). The van der Waals surface area contributed by atoms with Crippen molar-refractivity contribution in [2.75, 3.05) is 13.2 Å². The molecular formula is C16H23N3O2. The molecule has 1 heterocycles. The number of rotatable bonds is 7. The summed E-state index contributed by atoms with van der Waals surface area (Å²) in [6, 6.07) is 8.00. The maximum Gasteiger partial charge on any atom is 0.222 e. The molecule has 1 aromatic carbocycles. The molecule has 5 heteroatoms. The van der Waals surface area contributed by atoms with Gasteiger partial charge < -0.3 is 14.6 Å². The van der Waals surface area contributed by atoms with Crippen LogP contribution in [0, 0.1) is 5.92 Å². The van der Waals surface area contributed by atoms with Gasteiger partial charge in [-0.2, -0.15) is 0 Å². The van der Waals surface area contributed by atoms with Crippen LogP contribution in [-0.2, 0) is 22.6 Å². The average molecular weight is 289 g/mol. The van der Waals surface area contributed by atoms with Crippen LogP contribution >= 0.6 is 0 Å². The Hall–Kier alpha value is -1.88. The summed E-state index contributed by atoms with van der Waals surface area (Å²) in [6.45, 7) is 8.27. The first-order valence-corrected chi connectivity index (χ1v) is 7.43. The van der Waals surface area contributed by atoms with E-state index in [-0.39, 0.29) is 11.8 Å². The van der Waals surface area contributed by atoms with Crippen molar-refractivity contribution in [3.63, 3.8) is 0 Å². The minimum atomic E-state index is -0.0220. The van der Waals surface area contributed by atoms with Gasteiger partial charge in [-0.3, -0.25) is 4.79 Å². The van der Waals surface area contributed by atoms with Crippen molar-refractivity contribution in [2.45, 2.75) is 33.9 Å². The van der Waals surface area contributed by atoms with E-state index in [0.29, 0.717) is 19.8 Å². The summed E-state index contributed by atoms with van der Waals surface area (Å²) >= 11 is 0. The monoisotopic (exact) mass is 289 g/mol. The lowest BCUT2D eigenvalue weighted by Crippen LogP contribution is -2.28. The lowest BCUT2D eigenvalue weighted by molar-refractivity contribution is -0.124. The third-order valence-electron chi connectivity index (χ3n) is 3.34. The highest BCUT2D eigenvalue weighted by Gasteiger charge is 2.12. The van der Waals surface area contributed by atoms with Crippen LogP contribution in [0.1, 0.15) is 26.6 Å². The topological polar surface area (TPSA) is 56.1 Å². The van der Waals surface area contributed by atoms with E-state index in [2.05, 4.69) is 14.9 Å². The van der Waals surface area contributed by atoms with Crippen molar-refractivity contribution in [3.8, 4) is 0 Å². The van der Waals surface area contributed by atoms with E-state index in [0.717, 1.165) is 23.4 Å². The Balaban J connectivity index is 2.20. The second-order valence-electron chi connectivity index (χ2n) is 5.24. The summed E-state index contributed by atoms with van der Waals surface area (Å²) in [5, 5.41) is 2.93. The molecule has 0 aliphatic heterocycles. The van der Waals surface area contributed by atoms with E-state index in [9.17, 15) is 4.79 Å². The van der Waals surface area contributed by atoms with E-state index in [1.165, 1.54) is 0 Å². The van der Waals surface area contributed by atoms with Crippen molar-refractivity contribution < 1.29 is 9.53 Å². The number of imidazole rings is 1. The first-order valence-electron chi connectivity index (χ1n) is 7.43. The van der Waals surface area contributed by atoms with Crippen LogP contribution in [0.2, 0.25) is 0 Å². The van der Waals surface area contributed by atoms with Crippen LogP contribution in [0.25, 0.3) is 11.0 Å². The number of hydrogen-bond donors (Lipinski definition) is 1. The van der Waals surface area contributed by atoms with Crippen molar-refractivity contribution in [2.24, 2.45) is 5.92 Å². The molecule has 0 aliphatic carbocycles. The molecule has 1 amide bonds. The quantitative estimate of drug-likeness (QED) is 0.796. The first kappa shape index (κ1) is 15.5. The van der Waals surface area contributed by atoms with E-state index < -0.39 is 0 Å². The summed E-state index contributed by atoms with van der Waals surface area (Å²) in [5.74, 6) is 0.884. The Morgan fingerprint density at radius 2 is 2.14 bits per heavy atom. The molecule has 0 saturated carbocycles. The zero-order valence-electron chi connectivity index (χ0n) is 12.9. The Bertz CT molecular complexity index is 605. The number of nitrogens with one attached hydrogen (secondary N) is 1. The van der Waals surface area contributed by atoms with Gasteiger partial charge in [0.1, 0.15) is 5.82 Å². The van der Waals surface area contributed by atoms with Gasteiger partial charge in [0.05, 0.1) is 24.2 Å². The molecule has 0 aliphatic rings. The van der Waals surface area contributed by atoms with Crippen LogP contribution in [0.5, 0.6) is 0 Å². The number of ether oxygens (including phenoxy) is 1. The highest BCUT2D eigenvalue weighted by Crippen LogP contribution is 2.16. The molecule has 0 unspecified atom stereocenters. The minimum absolute atomic E-state index is 0.0220. The molecule has 21 heavy (non-hydrogen) atoms. The van der Waals surface area contributed by atoms with Gasteiger partial charge in [-0.1, -0.05) is 26.0 Å². The minimum Gasteiger partial charge on any atom is -0.380 e. The van der Waals surface area contributed by atoms with Crippen LogP contribution in [0.4, 0.5) is 0 Å². The largest absolute Gasteiger partial charge is 0.380 e. The Morgan fingerprint density at radius 1 is 1.38 bits per heavy atom. The zero-order chi connectivity index (χ0) is 15.2. The second kappa shape index (κ2) is 7.22. The van der Waals surface area contributed by atoms with Gasteiger partial charge in [0.2, 0.25) is 5.91 Å². The molecule has 2 aromatic rings. The molecular weight excluding hydrogens is 266 g/mol. The highest BCUT2D eigenvalue weighted by molar-refractivity contribution is 5.78. The summed E-state index contributed by atoms with van der Waals surface area (Å²) in [4.78, 5) is 16.3. The Labute approximate surface area is 125 Å². The molecule has 1 N–H and O–H groups in total. The van der Waals surface area contributed by atoms with E-state index in [4.69, 9.17) is 4.74 Å². The van der Waals surface area contributed by atoms with Crippen LogP contribution in [0.3, 0.4) is 0 Å². The summed E-state index contributed by atoms with van der Waals surface area (Å²) in [7, 11) is 0. The third-order valence-corrected chi connectivity index (χ3v) is 3.34. The molecule has 0 spiro atoms. The van der Waals surface area contributed by atoms with Gasteiger partial charge in [-0.25, -0.2) is 4.98 Å². The molecule has 0 radical (unpaired) electrons. The number of carbonyl (C=O) groups excluding carboxylic acids is 1. The van der Waals surface area contributed by atoms with Gasteiger partial charge in [0.25, 0.3) is 0 Å².